The summed E-state index contributed by atoms with van der Waals surface area (Å²) < 4.78 is 6.78. The lowest BCUT2D eigenvalue weighted by atomic mass is 10.0. The molecule has 4 atom stereocenters. The maximum Gasteiger partial charge on any atom is 0.167 e. The number of aromatic nitrogens is 4. The van der Waals surface area contributed by atoms with Crippen molar-refractivity contribution in [2.75, 3.05) is 12.3 Å². The molecule has 0 aromatic carbocycles. The smallest absolute Gasteiger partial charge is 0.167 e. The van der Waals surface area contributed by atoms with E-state index in [9.17, 15) is 15.3 Å². The molecule has 0 saturated carbocycles. The van der Waals surface area contributed by atoms with Gasteiger partial charge in [0.05, 0.1) is 12.9 Å². The molecular weight excluding hydrogens is 254 g/mol. The van der Waals surface area contributed by atoms with Gasteiger partial charge in [-0.25, -0.2) is 15.0 Å². The van der Waals surface area contributed by atoms with Gasteiger partial charge in [-0.3, -0.25) is 4.57 Å². The molecule has 0 radical (unpaired) electrons. The molecule has 1 aliphatic heterocycles. The maximum atomic E-state index is 9.95. The highest BCUT2D eigenvalue weighted by molar-refractivity contribution is 5.81. The zero-order chi connectivity index (χ0) is 13.6. The minimum atomic E-state index is -1.30. The largest absolute Gasteiger partial charge is 0.388 e. The van der Waals surface area contributed by atoms with Crippen molar-refractivity contribution in [3.8, 4) is 0 Å². The number of imidazole rings is 1. The summed E-state index contributed by atoms with van der Waals surface area (Å²) >= 11 is 0. The van der Waals surface area contributed by atoms with E-state index in [4.69, 9.17) is 10.5 Å². The van der Waals surface area contributed by atoms with E-state index in [-0.39, 0.29) is 12.4 Å². The van der Waals surface area contributed by atoms with Crippen molar-refractivity contribution < 1.29 is 20.1 Å². The predicted molar refractivity (Wildman–Crippen MR) is 62.7 cm³/mol. The summed E-state index contributed by atoms with van der Waals surface area (Å²) in [5, 5.41) is 29.0. The number of hydrogen-bond acceptors (Lipinski definition) is 8. The number of rotatable bonds is 1. The molecule has 1 saturated heterocycles. The summed E-state index contributed by atoms with van der Waals surface area (Å²) in [6.45, 7) is -0.0941. The Hall–Kier alpha value is -1.81. The molecule has 0 aliphatic carbocycles. The number of ether oxygens (including phenoxy) is 1. The van der Waals surface area contributed by atoms with Gasteiger partial charge in [0.25, 0.3) is 0 Å². The van der Waals surface area contributed by atoms with E-state index in [1.807, 2.05) is 0 Å². The molecule has 2 aromatic rings. The molecule has 19 heavy (non-hydrogen) atoms. The standard InChI is InChI=1S/C10H13N5O4/c11-8-5-9(13-2-12-8)15(3-14-5)10-7(18)6(17)4(16)1-19-10/h2-4,6-7,10,16-18H,1H2,(H2,11,12,13)/t4-,6?,7?,10?/m0/s1. The molecular formula is C10H13N5O4. The van der Waals surface area contributed by atoms with Crippen molar-refractivity contribution in [1.29, 1.82) is 0 Å². The number of nitrogens with two attached hydrogens (primary N) is 1. The third-order valence-electron chi connectivity index (χ3n) is 3.14. The number of fused-ring (bicyclic) bond motifs is 1. The van der Waals surface area contributed by atoms with Crippen LogP contribution in [0.15, 0.2) is 12.7 Å². The second-order valence-electron chi connectivity index (χ2n) is 4.36. The molecule has 102 valence electrons. The van der Waals surface area contributed by atoms with E-state index in [0.29, 0.717) is 11.2 Å². The van der Waals surface area contributed by atoms with Gasteiger partial charge < -0.3 is 25.8 Å². The summed E-state index contributed by atoms with van der Waals surface area (Å²) in [6, 6.07) is 0. The molecule has 3 unspecified atom stereocenters. The second-order valence-corrected chi connectivity index (χ2v) is 4.36. The lowest BCUT2D eigenvalue weighted by Crippen LogP contribution is -2.50. The first-order valence-corrected chi connectivity index (χ1v) is 5.68. The van der Waals surface area contributed by atoms with Gasteiger partial charge in [-0.1, -0.05) is 0 Å². The van der Waals surface area contributed by atoms with Gasteiger partial charge in [0.2, 0.25) is 0 Å². The predicted octanol–water partition coefficient (Wildman–Crippen LogP) is -1.98. The summed E-state index contributed by atoms with van der Waals surface area (Å²) in [6.07, 6.45) is -1.93. The Kier molecular flexibility index (Phi) is 2.82. The van der Waals surface area contributed by atoms with Crippen LogP contribution in [-0.4, -0.2) is 59.8 Å². The van der Waals surface area contributed by atoms with Crippen molar-refractivity contribution in [3.05, 3.63) is 12.7 Å². The fraction of sp³-hybridized carbons (Fsp3) is 0.500. The maximum absolute atomic E-state index is 9.95. The van der Waals surface area contributed by atoms with Crippen LogP contribution in [0.4, 0.5) is 5.82 Å². The van der Waals surface area contributed by atoms with E-state index in [0.717, 1.165) is 0 Å². The lowest BCUT2D eigenvalue weighted by molar-refractivity contribution is -0.210. The van der Waals surface area contributed by atoms with Gasteiger partial charge in [-0.2, -0.15) is 0 Å². The van der Waals surface area contributed by atoms with Crippen molar-refractivity contribution in [1.82, 2.24) is 19.5 Å². The molecule has 5 N–H and O–H groups in total. The van der Waals surface area contributed by atoms with E-state index >= 15 is 0 Å². The highest BCUT2D eigenvalue weighted by Gasteiger charge is 2.39. The zero-order valence-corrected chi connectivity index (χ0v) is 9.79. The number of nitrogens with zero attached hydrogens (tertiary/aromatic N) is 4. The lowest BCUT2D eigenvalue weighted by Gasteiger charge is -2.35. The molecule has 0 amide bonds. The molecule has 9 nitrogen and oxygen atoms in total. The first-order valence-electron chi connectivity index (χ1n) is 5.68. The van der Waals surface area contributed by atoms with E-state index in [1.165, 1.54) is 17.2 Å². The number of hydrogen-bond donors (Lipinski definition) is 4. The van der Waals surface area contributed by atoms with Crippen molar-refractivity contribution in [3.63, 3.8) is 0 Å². The van der Waals surface area contributed by atoms with Crippen molar-refractivity contribution in [2.45, 2.75) is 24.5 Å². The molecule has 3 rings (SSSR count). The van der Waals surface area contributed by atoms with Crippen LogP contribution in [0.1, 0.15) is 6.23 Å². The van der Waals surface area contributed by atoms with Crippen LogP contribution in [0.3, 0.4) is 0 Å². The minimum absolute atomic E-state index is 0.0941. The molecule has 2 aromatic heterocycles. The van der Waals surface area contributed by atoms with E-state index in [2.05, 4.69) is 15.0 Å². The quantitative estimate of drug-likeness (QED) is 0.466. The monoisotopic (exact) mass is 267 g/mol. The second kappa shape index (κ2) is 4.38. The summed E-state index contributed by atoms with van der Waals surface area (Å²) in [4.78, 5) is 11.9. The Bertz CT molecular complexity index is 603. The van der Waals surface area contributed by atoms with Crippen molar-refractivity contribution >= 4 is 17.0 Å². The number of aliphatic hydroxyl groups excluding tert-OH is 3. The molecule has 0 spiro atoms. The molecule has 0 bridgehead atoms. The Morgan fingerprint density at radius 1 is 1.21 bits per heavy atom. The van der Waals surface area contributed by atoms with Crippen LogP contribution < -0.4 is 5.73 Å². The highest BCUT2D eigenvalue weighted by atomic mass is 16.5. The fourth-order valence-electron chi connectivity index (χ4n) is 2.09. The topological polar surface area (TPSA) is 140 Å². The van der Waals surface area contributed by atoms with Crippen LogP contribution in [0.2, 0.25) is 0 Å². The molecule has 1 fully saturated rings. The van der Waals surface area contributed by atoms with Crippen LogP contribution in [0.5, 0.6) is 0 Å². The highest BCUT2D eigenvalue weighted by Crippen LogP contribution is 2.27. The average molecular weight is 267 g/mol. The molecule has 1 aliphatic rings. The summed E-state index contributed by atoms with van der Waals surface area (Å²) in [7, 11) is 0. The number of nitrogen functional groups attached to an aromatic ring is 1. The molecule has 3 heterocycles. The Labute approximate surface area is 107 Å². The summed E-state index contributed by atoms with van der Waals surface area (Å²) in [5.41, 5.74) is 6.44. The zero-order valence-electron chi connectivity index (χ0n) is 9.79. The van der Waals surface area contributed by atoms with Crippen LogP contribution in [0, 0.1) is 0 Å². The van der Waals surface area contributed by atoms with Gasteiger partial charge in [-0.05, 0) is 0 Å². The van der Waals surface area contributed by atoms with Crippen LogP contribution in [0.25, 0.3) is 11.2 Å². The average Bonchev–Trinajstić information content (AvgIpc) is 2.82. The van der Waals surface area contributed by atoms with E-state index in [1.54, 1.807) is 0 Å². The molecule has 9 heteroatoms. The number of anilines is 1. The minimum Gasteiger partial charge on any atom is -0.388 e. The first kappa shape index (κ1) is 12.2. The van der Waals surface area contributed by atoms with Crippen LogP contribution >= 0.6 is 0 Å². The van der Waals surface area contributed by atoms with Crippen LogP contribution in [-0.2, 0) is 4.74 Å². The Morgan fingerprint density at radius 3 is 2.79 bits per heavy atom. The Balaban J connectivity index is 2.03. The summed E-state index contributed by atoms with van der Waals surface area (Å²) in [5.74, 6) is 0.217. The SMILES string of the molecule is Nc1ncnc2c1ncn2C1OC[C@H](O)C(O)C1O. The third-order valence-corrected chi connectivity index (χ3v) is 3.14. The number of aliphatic hydroxyl groups is 3. The fourth-order valence-corrected chi connectivity index (χ4v) is 2.09. The van der Waals surface area contributed by atoms with Crippen molar-refractivity contribution in [2.24, 2.45) is 0 Å². The first-order chi connectivity index (χ1) is 9.09. The van der Waals surface area contributed by atoms with Gasteiger partial charge in [0, 0.05) is 0 Å². The van der Waals surface area contributed by atoms with Gasteiger partial charge in [0.15, 0.2) is 17.7 Å². The Morgan fingerprint density at radius 2 is 2.00 bits per heavy atom. The van der Waals surface area contributed by atoms with E-state index < -0.39 is 24.5 Å². The van der Waals surface area contributed by atoms with Gasteiger partial charge in [-0.15, -0.1) is 0 Å². The van der Waals surface area contributed by atoms with Gasteiger partial charge >= 0.3 is 0 Å². The normalized spacial score (nSPS) is 31.7. The third kappa shape index (κ3) is 1.83. The van der Waals surface area contributed by atoms with Gasteiger partial charge in [0.1, 0.15) is 30.2 Å².